The maximum atomic E-state index is 11.9. The van der Waals surface area contributed by atoms with Gasteiger partial charge in [0.1, 0.15) is 0 Å². The Bertz CT molecular complexity index is 698. The second kappa shape index (κ2) is 5.32. The molecule has 3 rings (SSSR count). The summed E-state index contributed by atoms with van der Waals surface area (Å²) in [5.74, 6) is 1.33. The van der Waals surface area contributed by atoms with Gasteiger partial charge in [0.15, 0.2) is 15.0 Å². The zero-order valence-electron chi connectivity index (χ0n) is 12.5. The van der Waals surface area contributed by atoms with Crippen LogP contribution in [0.3, 0.4) is 0 Å². The van der Waals surface area contributed by atoms with Crippen molar-refractivity contribution in [3.63, 3.8) is 0 Å². The van der Waals surface area contributed by atoms with Crippen LogP contribution in [-0.2, 0) is 9.84 Å². The zero-order valence-corrected chi connectivity index (χ0v) is 14.2. The first kappa shape index (κ1) is 14.9. The van der Waals surface area contributed by atoms with Crippen LogP contribution in [0.1, 0.15) is 18.1 Å². The summed E-state index contributed by atoms with van der Waals surface area (Å²) in [5, 5.41) is 0.969. The summed E-state index contributed by atoms with van der Waals surface area (Å²) in [6, 6.07) is 6.17. The third-order valence-electron chi connectivity index (χ3n) is 4.01. The summed E-state index contributed by atoms with van der Waals surface area (Å²) in [7, 11) is -2.97. The Morgan fingerprint density at radius 2 is 2.10 bits per heavy atom. The van der Waals surface area contributed by atoms with E-state index >= 15 is 0 Å². The number of hydrogen-bond acceptors (Lipinski definition) is 5. The van der Waals surface area contributed by atoms with Crippen molar-refractivity contribution in [1.29, 1.82) is 0 Å². The molecule has 1 saturated heterocycles. The fourth-order valence-electron chi connectivity index (χ4n) is 3.02. The summed E-state index contributed by atoms with van der Waals surface area (Å²) in [6.45, 7) is 6.23. The lowest BCUT2D eigenvalue weighted by atomic mass is 10.1. The highest BCUT2D eigenvalue weighted by Gasteiger charge is 2.47. The zero-order chi connectivity index (χ0) is 15.2. The fourth-order valence-corrected chi connectivity index (χ4v) is 5.71. The molecule has 2 aliphatic heterocycles. The SMILES string of the molecule is CCSC1=N[C@@H]2CS(=O)(=O)C[C@H]2N1c1cc(C)ccc1C. The van der Waals surface area contributed by atoms with Gasteiger partial charge in [0, 0.05) is 5.69 Å². The van der Waals surface area contributed by atoms with Crippen molar-refractivity contribution in [3.05, 3.63) is 29.3 Å². The molecule has 1 aromatic rings. The van der Waals surface area contributed by atoms with Gasteiger partial charge in [0.05, 0.1) is 23.6 Å². The average Bonchev–Trinajstić information content (AvgIpc) is 2.84. The molecule has 2 aliphatic rings. The lowest BCUT2D eigenvalue weighted by Gasteiger charge is -2.28. The molecule has 0 saturated carbocycles. The normalized spacial score (nSPS) is 26.8. The highest BCUT2D eigenvalue weighted by atomic mass is 32.2. The largest absolute Gasteiger partial charge is 0.315 e. The predicted octanol–water partition coefficient (Wildman–Crippen LogP) is 2.40. The quantitative estimate of drug-likeness (QED) is 0.838. The Hall–Kier alpha value is -1.01. The van der Waals surface area contributed by atoms with Crippen LogP contribution in [-0.4, -0.2) is 42.9 Å². The van der Waals surface area contributed by atoms with Crippen LogP contribution < -0.4 is 4.90 Å². The summed E-state index contributed by atoms with van der Waals surface area (Å²) in [4.78, 5) is 6.85. The molecule has 2 heterocycles. The molecule has 0 spiro atoms. The number of fused-ring (bicyclic) bond motifs is 1. The lowest BCUT2D eigenvalue weighted by molar-refractivity contribution is 0.601. The minimum absolute atomic E-state index is 0.0375. The van der Waals surface area contributed by atoms with Gasteiger partial charge in [-0.2, -0.15) is 0 Å². The topological polar surface area (TPSA) is 49.7 Å². The van der Waals surface area contributed by atoms with E-state index in [0.29, 0.717) is 0 Å². The van der Waals surface area contributed by atoms with Crippen molar-refractivity contribution < 1.29 is 8.42 Å². The van der Waals surface area contributed by atoms with Crippen LogP contribution in [0.15, 0.2) is 23.2 Å². The van der Waals surface area contributed by atoms with E-state index in [1.54, 1.807) is 11.8 Å². The fraction of sp³-hybridized carbons (Fsp3) is 0.533. The summed E-state index contributed by atoms with van der Waals surface area (Å²) in [5.41, 5.74) is 3.44. The van der Waals surface area contributed by atoms with Crippen molar-refractivity contribution in [3.8, 4) is 0 Å². The Morgan fingerprint density at radius 3 is 2.81 bits per heavy atom. The molecule has 114 valence electrons. The minimum atomic E-state index is -2.97. The number of rotatable bonds is 2. The Labute approximate surface area is 130 Å². The van der Waals surface area contributed by atoms with Crippen LogP contribution in [0.25, 0.3) is 0 Å². The lowest BCUT2D eigenvalue weighted by Crippen LogP contribution is -2.39. The predicted molar refractivity (Wildman–Crippen MR) is 90.2 cm³/mol. The van der Waals surface area contributed by atoms with Crippen LogP contribution in [0.4, 0.5) is 5.69 Å². The second-order valence-electron chi connectivity index (χ2n) is 5.72. The third-order valence-corrected chi connectivity index (χ3v) is 6.55. The molecule has 1 aromatic carbocycles. The second-order valence-corrected chi connectivity index (χ2v) is 9.10. The molecule has 0 amide bonds. The number of hydrogen-bond donors (Lipinski definition) is 0. The summed E-state index contributed by atoms with van der Waals surface area (Å²) < 4.78 is 23.9. The smallest absolute Gasteiger partial charge is 0.164 e. The van der Waals surface area contributed by atoms with Crippen LogP contribution in [0, 0.1) is 13.8 Å². The van der Waals surface area contributed by atoms with E-state index in [-0.39, 0.29) is 23.6 Å². The minimum Gasteiger partial charge on any atom is -0.315 e. The van der Waals surface area contributed by atoms with Crippen LogP contribution in [0.5, 0.6) is 0 Å². The van der Waals surface area contributed by atoms with E-state index in [1.807, 2.05) is 0 Å². The van der Waals surface area contributed by atoms with Crippen LogP contribution >= 0.6 is 11.8 Å². The summed E-state index contributed by atoms with van der Waals surface area (Å²) in [6.07, 6.45) is 0. The van der Waals surface area contributed by atoms with Crippen molar-refractivity contribution in [2.24, 2.45) is 4.99 Å². The number of amidine groups is 1. The van der Waals surface area contributed by atoms with E-state index in [4.69, 9.17) is 4.99 Å². The van der Waals surface area contributed by atoms with E-state index in [2.05, 4.69) is 43.9 Å². The van der Waals surface area contributed by atoms with E-state index < -0.39 is 9.84 Å². The molecule has 6 heteroatoms. The number of nitrogens with zero attached hydrogens (tertiary/aromatic N) is 2. The van der Waals surface area contributed by atoms with Gasteiger partial charge in [-0.25, -0.2) is 8.42 Å². The standard InChI is InChI=1S/C15H20N2O2S2/c1-4-20-15-16-12-8-21(18,19)9-14(12)17(15)13-7-10(2)5-6-11(13)3/h5-7,12,14H,4,8-9H2,1-3H3/t12-,14-/m1/s1. The van der Waals surface area contributed by atoms with Gasteiger partial charge in [-0.05, 0) is 36.8 Å². The van der Waals surface area contributed by atoms with Gasteiger partial charge in [0.25, 0.3) is 0 Å². The number of aryl methyl sites for hydroxylation is 2. The van der Waals surface area contributed by atoms with Crippen molar-refractivity contribution in [1.82, 2.24) is 0 Å². The highest BCUT2D eigenvalue weighted by Crippen LogP contribution is 2.36. The molecule has 1 fully saturated rings. The number of sulfone groups is 1. The maximum absolute atomic E-state index is 11.9. The van der Waals surface area contributed by atoms with Gasteiger partial charge < -0.3 is 4.90 Å². The van der Waals surface area contributed by atoms with Gasteiger partial charge in [-0.1, -0.05) is 30.8 Å². The van der Waals surface area contributed by atoms with Gasteiger partial charge in [-0.15, -0.1) is 0 Å². The molecule has 0 N–H and O–H groups in total. The molecule has 0 aromatic heterocycles. The molecule has 2 atom stereocenters. The number of thioether (sulfide) groups is 1. The first-order chi connectivity index (χ1) is 9.91. The molecule has 0 radical (unpaired) electrons. The first-order valence-electron chi connectivity index (χ1n) is 7.19. The Balaban J connectivity index is 2.05. The molecule has 0 unspecified atom stereocenters. The average molecular weight is 324 g/mol. The van der Waals surface area contributed by atoms with Gasteiger partial charge in [0.2, 0.25) is 0 Å². The number of aliphatic imine (C=N–C) groups is 1. The van der Waals surface area contributed by atoms with E-state index in [9.17, 15) is 8.42 Å². The highest BCUT2D eigenvalue weighted by molar-refractivity contribution is 8.14. The van der Waals surface area contributed by atoms with Crippen LogP contribution in [0.2, 0.25) is 0 Å². The van der Waals surface area contributed by atoms with Gasteiger partial charge in [-0.3, -0.25) is 4.99 Å². The van der Waals surface area contributed by atoms with Crippen molar-refractivity contribution in [2.75, 3.05) is 22.2 Å². The van der Waals surface area contributed by atoms with Gasteiger partial charge >= 0.3 is 0 Å². The molecule has 4 nitrogen and oxygen atoms in total. The monoisotopic (exact) mass is 324 g/mol. The molecular weight excluding hydrogens is 304 g/mol. The van der Waals surface area contributed by atoms with Crippen molar-refractivity contribution >= 4 is 32.5 Å². The third kappa shape index (κ3) is 2.71. The molecular formula is C15H20N2O2S2. The maximum Gasteiger partial charge on any atom is 0.164 e. The molecule has 0 bridgehead atoms. The molecule has 0 aliphatic carbocycles. The first-order valence-corrected chi connectivity index (χ1v) is 9.99. The number of anilines is 1. The number of benzene rings is 1. The van der Waals surface area contributed by atoms with E-state index in [0.717, 1.165) is 22.2 Å². The Morgan fingerprint density at radius 1 is 1.33 bits per heavy atom. The van der Waals surface area contributed by atoms with E-state index in [1.165, 1.54) is 5.56 Å². The van der Waals surface area contributed by atoms with Crippen molar-refractivity contribution in [2.45, 2.75) is 32.9 Å². The summed E-state index contributed by atoms with van der Waals surface area (Å²) >= 11 is 1.69. The Kier molecular flexibility index (Phi) is 3.78. The molecule has 21 heavy (non-hydrogen) atoms.